The van der Waals surface area contributed by atoms with Gasteiger partial charge in [0.1, 0.15) is 0 Å². The van der Waals surface area contributed by atoms with Crippen molar-refractivity contribution in [1.82, 2.24) is 14.3 Å². The van der Waals surface area contributed by atoms with Crippen LogP contribution in [0.15, 0.2) is 52.8 Å². The molecule has 5 nitrogen and oxygen atoms in total. The SMILES string of the molecule is CC(=Nn1c(C)ccc1C(C)C)c1cccnc1C(C)=Nn1c(C)ccc1C(C)C. The Morgan fingerprint density at radius 1 is 0.767 bits per heavy atom. The molecule has 0 unspecified atom stereocenters. The molecule has 30 heavy (non-hydrogen) atoms. The van der Waals surface area contributed by atoms with E-state index in [1.807, 2.05) is 35.5 Å². The van der Waals surface area contributed by atoms with Gasteiger partial charge in [0.25, 0.3) is 0 Å². The first-order chi connectivity index (χ1) is 14.2. The molecule has 0 N–H and O–H groups in total. The van der Waals surface area contributed by atoms with E-state index >= 15 is 0 Å². The van der Waals surface area contributed by atoms with Crippen LogP contribution in [0, 0.1) is 13.8 Å². The molecule has 3 aromatic heterocycles. The number of rotatable bonds is 6. The molecule has 0 aliphatic heterocycles. The fourth-order valence-corrected chi connectivity index (χ4v) is 3.64. The van der Waals surface area contributed by atoms with Gasteiger partial charge in [0.2, 0.25) is 0 Å². The molecule has 3 rings (SSSR count). The Kier molecular flexibility index (Phi) is 6.40. The Hall–Kier alpha value is -2.95. The lowest BCUT2D eigenvalue weighted by atomic mass is 10.1. The van der Waals surface area contributed by atoms with Crippen LogP contribution in [-0.2, 0) is 0 Å². The monoisotopic (exact) mass is 403 g/mol. The summed E-state index contributed by atoms with van der Waals surface area (Å²) in [5, 5.41) is 9.87. The van der Waals surface area contributed by atoms with Crippen LogP contribution in [0.1, 0.15) is 87.4 Å². The van der Waals surface area contributed by atoms with Gasteiger partial charge in [0.05, 0.1) is 17.1 Å². The molecule has 3 aromatic rings. The van der Waals surface area contributed by atoms with Gasteiger partial charge in [-0.2, -0.15) is 10.2 Å². The zero-order chi connectivity index (χ0) is 22.0. The van der Waals surface area contributed by atoms with Crippen molar-refractivity contribution in [2.75, 3.05) is 0 Å². The quantitative estimate of drug-likeness (QED) is 0.459. The highest BCUT2D eigenvalue weighted by atomic mass is 15.4. The first-order valence-corrected chi connectivity index (χ1v) is 10.6. The second-order valence-corrected chi connectivity index (χ2v) is 8.50. The smallest absolute Gasteiger partial charge is 0.0950 e. The summed E-state index contributed by atoms with van der Waals surface area (Å²) in [7, 11) is 0. The van der Waals surface area contributed by atoms with Crippen molar-refractivity contribution < 1.29 is 0 Å². The van der Waals surface area contributed by atoms with E-state index in [1.165, 1.54) is 11.4 Å². The van der Waals surface area contributed by atoms with Gasteiger partial charge in [-0.05, 0) is 75.9 Å². The van der Waals surface area contributed by atoms with E-state index in [0.717, 1.165) is 34.1 Å². The standard InChI is InChI=1S/C25H33N5/c1-16(2)23-13-11-18(5)29(23)27-20(7)22-10-9-15-26-25(22)21(8)28-30-19(6)12-14-24(30)17(3)4/h9-17H,1-8H3. The number of hydrogen-bond donors (Lipinski definition) is 0. The van der Waals surface area contributed by atoms with Gasteiger partial charge in [-0.1, -0.05) is 27.7 Å². The van der Waals surface area contributed by atoms with Crippen LogP contribution in [0.3, 0.4) is 0 Å². The van der Waals surface area contributed by atoms with Gasteiger partial charge in [-0.25, -0.2) is 9.35 Å². The Balaban J connectivity index is 2.07. The van der Waals surface area contributed by atoms with Crippen LogP contribution in [0.2, 0.25) is 0 Å². The number of nitrogens with zero attached hydrogens (tertiary/aromatic N) is 5. The van der Waals surface area contributed by atoms with Gasteiger partial charge in [-0.15, -0.1) is 0 Å². The van der Waals surface area contributed by atoms with E-state index in [0.29, 0.717) is 11.8 Å². The molecular formula is C25H33N5. The molecule has 0 fully saturated rings. The van der Waals surface area contributed by atoms with Crippen molar-refractivity contribution in [3.8, 4) is 0 Å². The predicted octanol–water partition coefficient (Wildman–Crippen LogP) is 6.09. The summed E-state index contributed by atoms with van der Waals surface area (Å²) in [6.07, 6.45) is 1.82. The second kappa shape index (κ2) is 8.82. The molecule has 0 aliphatic carbocycles. The van der Waals surface area contributed by atoms with Crippen LogP contribution in [0.5, 0.6) is 0 Å². The fourth-order valence-electron chi connectivity index (χ4n) is 3.64. The summed E-state index contributed by atoms with van der Waals surface area (Å²) in [5.74, 6) is 0.797. The third-order valence-electron chi connectivity index (χ3n) is 5.37. The minimum absolute atomic E-state index is 0.396. The average molecular weight is 404 g/mol. The summed E-state index contributed by atoms with van der Waals surface area (Å²) in [6, 6.07) is 12.5. The number of pyridine rings is 1. The molecule has 0 spiro atoms. The van der Waals surface area contributed by atoms with Gasteiger partial charge in [-0.3, -0.25) is 4.98 Å². The Morgan fingerprint density at radius 3 is 1.77 bits per heavy atom. The van der Waals surface area contributed by atoms with Crippen LogP contribution in [0.4, 0.5) is 0 Å². The van der Waals surface area contributed by atoms with Crippen molar-refractivity contribution in [2.45, 2.75) is 67.2 Å². The number of aromatic nitrogens is 3. The summed E-state index contributed by atoms with van der Waals surface area (Å²) < 4.78 is 4.06. The van der Waals surface area contributed by atoms with Crippen molar-refractivity contribution in [3.05, 3.63) is 76.6 Å². The Bertz CT molecular complexity index is 1010. The van der Waals surface area contributed by atoms with E-state index in [1.54, 1.807) is 0 Å². The minimum atomic E-state index is 0.396. The van der Waals surface area contributed by atoms with Crippen molar-refractivity contribution in [1.29, 1.82) is 0 Å². The van der Waals surface area contributed by atoms with E-state index in [9.17, 15) is 0 Å². The van der Waals surface area contributed by atoms with Gasteiger partial charge in [0, 0.05) is 34.5 Å². The maximum Gasteiger partial charge on any atom is 0.0950 e. The maximum absolute atomic E-state index is 4.94. The zero-order valence-electron chi connectivity index (χ0n) is 19.4. The summed E-state index contributed by atoms with van der Waals surface area (Å²) >= 11 is 0. The molecule has 0 radical (unpaired) electrons. The molecule has 0 saturated carbocycles. The van der Waals surface area contributed by atoms with E-state index in [2.05, 4.69) is 76.9 Å². The van der Waals surface area contributed by atoms with Gasteiger partial charge < -0.3 is 0 Å². The van der Waals surface area contributed by atoms with Crippen LogP contribution in [0.25, 0.3) is 0 Å². The molecular weight excluding hydrogens is 370 g/mol. The number of hydrogen-bond acceptors (Lipinski definition) is 3. The predicted molar refractivity (Wildman–Crippen MR) is 126 cm³/mol. The molecule has 0 atom stereocenters. The van der Waals surface area contributed by atoms with Gasteiger partial charge in [0.15, 0.2) is 0 Å². The Labute approximate surface area is 180 Å². The third kappa shape index (κ3) is 4.30. The second-order valence-electron chi connectivity index (χ2n) is 8.50. The largest absolute Gasteiger partial charge is 0.254 e. The molecule has 158 valence electrons. The maximum atomic E-state index is 4.94. The van der Waals surface area contributed by atoms with Crippen LogP contribution < -0.4 is 0 Å². The van der Waals surface area contributed by atoms with E-state index < -0.39 is 0 Å². The topological polar surface area (TPSA) is 47.5 Å². The lowest BCUT2D eigenvalue weighted by Crippen LogP contribution is -2.13. The van der Waals surface area contributed by atoms with Crippen LogP contribution in [-0.4, -0.2) is 25.8 Å². The highest BCUT2D eigenvalue weighted by molar-refractivity contribution is 6.09. The van der Waals surface area contributed by atoms with Crippen LogP contribution >= 0.6 is 0 Å². The van der Waals surface area contributed by atoms with Crippen molar-refractivity contribution in [2.24, 2.45) is 10.2 Å². The molecule has 3 heterocycles. The van der Waals surface area contributed by atoms with E-state index in [-0.39, 0.29) is 0 Å². The molecule has 0 aromatic carbocycles. The van der Waals surface area contributed by atoms with Gasteiger partial charge >= 0.3 is 0 Å². The molecule has 0 bridgehead atoms. The summed E-state index contributed by atoms with van der Waals surface area (Å²) in [5.41, 5.74) is 8.28. The third-order valence-corrected chi connectivity index (χ3v) is 5.37. The molecule has 0 aliphatic rings. The zero-order valence-corrected chi connectivity index (χ0v) is 19.4. The van der Waals surface area contributed by atoms with Crippen molar-refractivity contribution in [3.63, 3.8) is 0 Å². The number of aryl methyl sites for hydroxylation is 2. The first kappa shape index (κ1) is 21.8. The molecule has 0 amide bonds. The highest BCUT2D eigenvalue weighted by Crippen LogP contribution is 2.21. The fraction of sp³-hybridized carbons (Fsp3) is 0.400. The minimum Gasteiger partial charge on any atom is -0.254 e. The van der Waals surface area contributed by atoms with Crippen molar-refractivity contribution >= 4 is 11.4 Å². The lowest BCUT2D eigenvalue weighted by molar-refractivity contribution is 0.710. The summed E-state index contributed by atoms with van der Waals surface area (Å²) in [6.45, 7) is 17.0. The van der Waals surface area contributed by atoms with E-state index in [4.69, 9.17) is 10.2 Å². The summed E-state index contributed by atoms with van der Waals surface area (Å²) in [4.78, 5) is 4.66. The highest BCUT2D eigenvalue weighted by Gasteiger charge is 2.14. The first-order valence-electron chi connectivity index (χ1n) is 10.6. The normalized spacial score (nSPS) is 13.0. The molecule has 5 heteroatoms. The molecule has 0 saturated heterocycles. The Morgan fingerprint density at radius 2 is 1.27 bits per heavy atom. The average Bonchev–Trinajstić information content (AvgIpc) is 3.25. The lowest BCUT2D eigenvalue weighted by Gasteiger charge is -2.13.